The van der Waals surface area contributed by atoms with Gasteiger partial charge in [-0.3, -0.25) is 14.5 Å². The number of rotatable bonds is 7. The van der Waals surface area contributed by atoms with Gasteiger partial charge in [0.1, 0.15) is 5.75 Å². The standard InChI is InChI=1S/C34H41N3O3/c1-26(38)36-22-21-30-19-20-31(37(30)23-27-11-4-3-5-12-27)25-35(24-29-14-6-8-16-32(29)36)34(39)18-10-15-28-13-7-9-17-33(28)40-2/h3-9,11-14,16-17,30-31H,10,15,18-25H2,1-2H3/t30-,31+/m0/s1. The van der Waals surface area contributed by atoms with Crippen LogP contribution < -0.4 is 9.64 Å². The van der Waals surface area contributed by atoms with Crippen molar-refractivity contribution >= 4 is 17.5 Å². The van der Waals surface area contributed by atoms with Crippen molar-refractivity contribution in [3.63, 3.8) is 0 Å². The van der Waals surface area contributed by atoms with E-state index in [0.717, 1.165) is 61.2 Å². The van der Waals surface area contributed by atoms with E-state index in [1.165, 1.54) is 5.56 Å². The van der Waals surface area contributed by atoms with Crippen LogP contribution in [0, 0.1) is 0 Å². The summed E-state index contributed by atoms with van der Waals surface area (Å²) in [5.41, 5.74) is 4.37. The predicted octanol–water partition coefficient (Wildman–Crippen LogP) is 5.84. The van der Waals surface area contributed by atoms with E-state index in [0.29, 0.717) is 38.1 Å². The molecule has 5 rings (SSSR count). The number of anilines is 1. The summed E-state index contributed by atoms with van der Waals surface area (Å²) in [5, 5.41) is 0. The Hall–Kier alpha value is -3.64. The van der Waals surface area contributed by atoms with Gasteiger partial charge in [0.2, 0.25) is 11.8 Å². The minimum atomic E-state index is 0.0468. The fraction of sp³-hybridized carbons (Fsp3) is 0.412. The Morgan fingerprint density at radius 3 is 2.40 bits per heavy atom. The molecule has 210 valence electrons. The maximum absolute atomic E-state index is 13.9. The van der Waals surface area contributed by atoms with E-state index >= 15 is 0 Å². The highest BCUT2D eigenvalue weighted by atomic mass is 16.5. The lowest BCUT2D eigenvalue weighted by molar-refractivity contribution is -0.132. The van der Waals surface area contributed by atoms with Gasteiger partial charge in [-0.05, 0) is 60.9 Å². The zero-order valence-electron chi connectivity index (χ0n) is 23.8. The SMILES string of the molecule is COc1ccccc1CCCC(=O)N1Cc2ccccc2N(C(C)=O)CC[C@@H]2CC[C@H](C1)N2Cc1ccccc1. The van der Waals surface area contributed by atoms with Crippen LogP contribution in [0.4, 0.5) is 5.69 Å². The van der Waals surface area contributed by atoms with Gasteiger partial charge < -0.3 is 14.5 Å². The molecule has 2 aliphatic rings. The van der Waals surface area contributed by atoms with Crippen molar-refractivity contribution in [1.29, 1.82) is 0 Å². The van der Waals surface area contributed by atoms with Crippen LogP contribution in [-0.4, -0.2) is 53.9 Å². The quantitative estimate of drug-likeness (QED) is 0.379. The Kier molecular flexibility index (Phi) is 9.17. The molecular formula is C34H41N3O3. The van der Waals surface area contributed by atoms with E-state index < -0.39 is 0 Å². The largest absolute Gasteiger partial charge is 0.496 e. The monoisotopic (exact) mass is 539 g/mol. The number of nitrogens with zero attached hydrogens (tertiary/aromatic N) is 3. The summed E-state index contributed by atoms with van der Waals surface area (Å²) >= 11 is 0. The molecular weight excluding hydrogens is 498 g/mol. The molecule has 2 amide bonds. The molecule has 0 aromatic heterocycles. The molecule has 0 saturated carbocycles. The molecule has 1 fully saturated rings. The summed E-state index contributed by atoms with van der Waals surface area (Å²) in [6.07, 6.45) is 5.10. The van der Waals surface area contributed by atoms with Crippen molar-refractivity contribution in [2.45, 2.75) is 70.6 Å². The molecule has 0 aliphatic carbocycles. The second-order valence-corrected chi connectivity index (χ2v) is 11.1. The Balaban J connectivity index is 1.40. The number of methoxy groups -OCH3 is 1. The average molecular weight is 540 g/mol. The van der Waals surface area contributed by atoms with Gasteiger partial charge in [-0.15, -0.1) is 0 Å². The lowest BCUT2D eigenvalue weighted by atomic mass is 10.0. The Morgan fingerprint density at radius 1 is 0.875 bits per heavy atom. The van der Waals surface area contributed by atoms with Crippen LogP contribution in [0.1, 0.15) is 55.7 Å². The van der Waals surface area contributed by atoms with Gasteiger partial charge in [0.05, 0.1) is 7.11 Å². The third-order valence-electron chi connectivity index (χ3n) is 8.50. The lowest BCUT2D eigenvalue weighted by Gasteiger charge is -2.34. The fourth-order valence-corrected chi connectivity index (χ4v) is 6.42. The minimum absolute atomic E-state index is 0.0468. The summed E-state index contributed by atoms with van der Waals surface area (Å²) in [6, 6.07) is 27.4. The first-order chi connectivity index (χ1) is 19.5. The van der Waals surface area contributed by atoms with Crippen LogP contribution in [-0.2, 0) is 29.1 Å². The fourth-order valence-electron chi connectivity index (χ4n) is 6.42. The molecule has 0 spiro atoms. The van der Waals surface area contributed by atoms with E-state index in [-0.39, 0.29) is 11.8 Å². The van der Waals surface area contributed by atoms with Crippen LogP contribution in [0.5, 0.6) is 5.75 Å². The van der Waals surface area contributed by atoms with E-state index in [1.54, 1.807) is 14.0 Å². The molecule has 2 atom stereocenters. The number of ether oxygens (including phenoxy) is 1. The number of hydrogen-bond acceptors (Lipinski definition) is 4. The zero-order chi connectivity index (χ0) is 27.9. The van der Waals surface area contributed by atoms with Crippen molar-refractivity contribution in [2.24, 2.45) is 0 Å². The number of aryl methyl sites for hydroxylation is 1. The van der Waals surface area contributed by atoms with Crippen molar-refractivity contribution in [3.05, 3.63) is 95.6 Å². The van der Waals surface area contributed by atoms with Crippen molar-refractivity contribution in [2.75, 3.05) is 25.1 Å². The van der Waals surface area contributed by atoms with Gasteiger partial charge in [-0.2, -0.15) is 0 Å². The van der Waals surface area contributed by atoms with Crippen molar-refractivity contribution < 1.29 is 14.3 Å². The third-order valence-corrected chi connectivity index (χ3v) is 8.50. The van der Waals surface area contributed by atoms with Gasteiger partial charge in [0, 0.05) is 57.3 Å². The second kappa shape index (κ2) is 13.1. The van der Waals surface area contributed by atoms with Crippen LogP contribution in [0.25, 0.3) is 0 Å². The average Bonchev–Trinajstić information content (AvgIpc) is 3.33. The summed E-state index contributed by atoms with van der Waals surface area (Å²) < 4.78 is 5.52. The summed E-state index contributed by atoms with van der Waals surface area (Å²) in [4.78, 5) is 33.3. The number of hydrogen-bond donors (Lipinski definition) is 0. The summed E-state index contributed by atoms with van der Waals surface area (Å²) in [5.74, 6) is 1.09. The van der Waals surface area contributed by atoms with Crippen molar-refractivity contribution in [3.8, 4) is 5.75 Å². The Morgan fingerprint density at radius 2 is 1.60 bits per heavy atom. The van der Waals surface area contributed by atoms with Crippen LogP contribution in [0.15, 0.2) is 78.9 Å². The number of fused-ring (bicyclic) bond motifs is 3. The van der Waals surface area contributed by atoms with E-state index in [1.807, 2.05) is 41.3 Å². The number of carbonyl (C=O) groups excluding carboxylic acids is 2. The molecule has 6 nitrogen and oxygen atoms in total. The van der Waals surface area contributed by atoms with E-state index in [4.69, 9.17) is 4.74 Å². The van der Waals surface area contributed by atoms with Gasteiger partial charge in [0.25, 0.3) is 0 Å². The Bertz CT molecular complexity index is 1290. The molecule has 2 aliphatic heterocycles. The molecule has 0 N–H and O–H groups in total. The molecule has 3 aromatic carbocycles. The Labute approximate surface area is 238 Å². The first-order valence-electron chi connectivity index (χ1n) is 14.6. The molecule has 40 heavy (non-hydrogen) atoms. The van der Waals surface area contributed by atoms with Gasteiger partial charge in [-0.25, -0.2) is 0 Å². The maximum Gasteiger partial charge on any atom is 0.223 e. The van der Waals surface area contributed by atoms with Crippen molar-refractivity contribution in [1.82, 2.24) is 9.80 Å². The topological polar surface area (TPSA) is 53.1 Å². The van der Waals surface area contributed by atoms with Crippen LogP contribution >= 0.6 is 0 Å². The first-order valence-corrected chi connectivity index (χ1v) is 14.6. The normalized spacial score (nSPS) is 19.6. The third kappa shape index (κ3) is 6.56. The smallest absolute Gasteiger partial charge is 0.223 e. The van der Waals surface area contributed by atoms with E-state index in [2.05, 4.69) is 52.3 Å². The summed E-state index contributed by atoms with van der Waals surface area (Å²) in [6.45, 7) is 4.40. The highest BCUT2D eigenvalue weighted by molar-refractivity contribution is 5.92. The number of carbonyl (C=O) groups is 2. The lowest BCUT2D eigenvalue weighted by Crippen LogP contribution is -2.45. The molecule has 3 aromatic rings. The first kappa shape index (κ1) is 27.9. The van der Waals surface area contributed by atoms with Gasteiger partial charge in [0.15, 0.2) is 0 Å². The zero-order valence-corrected chi connectivity index (χ0v) is 23.8. The number of benzene rings is 3. The molecule has 0 unspecified atom stereocenters. The highest BCUT2D eigenvalue weighted by Gasteiger charge is 2.36. The van der Waals surface area contributed by atoms with Crippen LogP contribution in [0.3, 0.4) is 0 Å². The minimum Gasteiger partial charge on any atom is -0.496 e. The number of para-hydroxylation sites is 2. The molecule has 6 heteroatoms. The molecule has 1 saturated heterocycles. The molecule has 2 heterocycles. The van der Waals surface area contributed by atoms with Gasteiger partial charge in [-0.1, -0.05) is 66.7 Å². The maximum atomic E-state index is 13.9. The molecule has 2 bridgehead atoms. The highest BCUT2D eigenvalue weighted by Crippen LogP contribution is 2.33. The molecule has 0 radical (unpaired) electrons. The van der Waals surface area contributed by atoms with Crippen LogP contribution in [0.2, 0.25) is 0 Å². The van der Waals surface area contributed by atoms with Gasteiger partial charge >= 0.3 is 0 Å². The van der Waals surface area contributed by atoms with E-state index in [9.17, 15) is 9.59 Å². The number of amides is 2. The second-order valence-electron chi connectivity index (χ2n) is 11.1. The summed E-state index contributed by atoms with van der Waals surface area (Å²) in [7, 11) is 1.69. The predicted molar refractivity (Wildman–Crippen MR) is 159 cm³/mol.